The number of hydrogen-bond donors (Lipinski definition) is 1. The second-order valence-corrected chi connectivity index (χ2v) is 8.64. The second kappa shape index (κ2) is 9.88. The van der Waals surface area contributed by atoms with Crippen molar-refractivity contribution < 1.29 is 22.7 Å². The predicted octanol–water partition coefficient (Wildman–Crippen LogP) is 4.04. The molecule has 0 spiro atoms. The van der Waals surface area contributed by atoms with Crippen molar-refractivity contribution in [2.24, 2.45) is 12.1 Å². The Hall–Kier alpha value is -4.09. The van der Waals surface area contributed by atoms with E-state index in [1.54, 1.807) is 14.0 Å². The number of rotatable bonds is 6. The number of anilines is 1. The number of allylic oxidation sites excluding steroid dienone is 3. The van der Waals surface area contributed by atoms with Gasteiger partial charge in [0.1, 0.15) is 23.4 Å². The van der Waals surface area contributed by atoms with Crippen LogP contribution in [0.25, 0.3) is 11.4 Å². The van der Waals surface area contributed by atoms with Crippen molar-refractivity contribution in [3.05, 3.63) is 59.6 Å². The van der Waals surface area contributed by atoms with Gasteiger partial charge in [0.2, 0.25) is 0 Å². The largest absolute Gasteiger partial charge is 0.483 e. The second-order valence-electron chi connectivity index (χ2n) is 8.64. The summed E-state index contributed by atoms with van der Waals surface area (Å²) in [4.78, 5) is 18.5. The van der Waals surface area contributed by atoms with Crippen LogP contribution in [0, 0.1) is 12.7 Å². The molecule has 1 saturated heterocycles. The number of nitrogens with zero attached hydrogens (tertiary/aromatic N) is 6. The van der Waals surface area contributed by atoms with E-state index in [9.17, 15) is 18.0 Å². The number of aryl methyl sites for hydroxylation is 1. The molecule has 0 unspecified atom stereocenters. The van der Waals surface area contributed by atoms with Crippen molar-refractivity contribution >= 4 is 18.1 Å². The number of carbonyl (C=O) groups excluding carboxylic acids is 1. The SMILES string of the molecule is C=C(/C=C(F)\C=C(/C)F)[C@@H]1CC=NN1C(=O)N1CC(Oc2cc(-c3nn(C)c(N)c3C)ncc2F)C1. The van der Waals surface area contributed by atoms with Gasteiger partial charge < -0.3 is 15.4 Å². The Morgan fingerprint density at radius 3 is 2.67 bits per heavy atom. The number of hydrazone groups is 1. The molecule has 2 N–H and O–H groups in total. The Bertz CT molecular complexity index is 1290. The average Bonchev–Trinajstić information content (AvgIpc) is 3.37. The van der Waals surface area contributed by atoms with Crippen LogP contribution >= 0.6 is 0 Å². The smallest absolute Gasteiger partial charge is 0.341 e. The number of amides is 2. The fourth-order valence-corrected chi connectivity index (χ4v) is 3.93. The molecule has 4 heterocycles. The van der Waals surface area contributed by atoms with Gasteiger partial charge in [-0.25, -0.2) is 23.0 Å². The van der Waals surface area contributed by atoms with Crippen LogP contribution < -0.4 is 10.5 Å². The lowest BCUT2D eigenvalue weighted by atomic mass is 10.1. The number of urea groups is 1. The molecule has 2 amide bonds. The van der Waals surface area contributed by atoms with Crippen LogP contribution in [-0.2, 0) is 7.05 Å². The summed E-state index contributed by atoms with van der Waals surface area (Å²) in [6, 6.07) is 0.440. The highest BCUT2D eigenvalue weighted by molar-refractivity contribution is 5.80. The fraction of sp³-hybridized carbons (Fsp3) is 0.333. The van der Waals surface area contributed by atoms with Gasteiger partial charge in [-0.15, -0.1) is 0 Å². The van der Waals surface area contributed by atoms with Gasteiger partial charge in [0.15, 0.2) is 11.6 Å². The summed E-state index contributed by atoms with van der Waals surface area (Å²) in [5.74, 6) is -1.67. The number of carbonyl (C=O) groups is 1. The van der Waals surface area contributed by atoms with Crippen LogP contribution in [0.1, 0.15) is 18.9 Å². The summed E-state index contributed by atoms with van der Waals surface area (Å²) < 4.78 is 48.5. The van der Waals surface area contributed by atoms with Crippen molar-refractivity contribution in [3.8, 4) is 17.1 Å². The Morgan fingerprint density at radius 1 is 1.31 bits per heavy atom. The minimum atomic E-state index is -0.806. The molecule has 190 valence electrons. The van der Waals surface area contributed by atoms with Crippen molar-refractivity contribution in [1.82, 2.24) is 24.7 Å². The maximum atomic E-state index is 14.4. The Balaban J connectivity index is 1.39. The van der Waals surface area contributed by atoms with Gasteiger partial charge in [-0.05, 0) is 25.5 Å². The minimum absolute atomic E-state index is 0.0111. The predicted molar refractivity (Wildman–Crippen MR) is 129 cm³/mol. The van der Waals surface area contributed by atoms with Crippen LogP contribution in [0.5, 0.6) is 5.75 Å². The van der Waals surface area contributed by atoms with Gasteiger partial charge in [0, 0.05) is 37.4 Å². The van der Waals surface area contributed by atoms with Crippen molar-refractivity contribution in [2.45, 2.75) is 32.4 Å². The molecule has 0 aromatic carbocycles. The summed E-state index contributed by atoms with van der Waals surface area (Å²) in [6.07, 6.45) is 4.30. The average molecular weight is 502 g/mol. The highest BCUT2D eigenvalue weighted by Crippen LogP contribution is 2.30. The van der Waals surface area contributed by atoms with Gasteiger partial charge in [0.05, 0.1) is 36.8 Å². The first-order valence-corrected chi connectivity index (χ1v) is 11.2. The van der Waals surface area contributed by atoms with Gasteiger partial charge in [-0.1, -0.05) is 6.58 Å². The van der Waals surface area contributed by atoms with Crippen LogP contribution in [0.15, 0.2) is 53.3 Å². The van der Waals surface area contributed by atoms with Gasteiger partial charge in [-0.3, -0.25) is 9.67 Å². The van der Waals surface area contributed by atoms with Crippen molar-refractivity contribution in [2.75, 3.05) is 18.8 Å². The lowest BCUT2D eigenvalue weighted by Crippen LogP contribution is -2.59. The molecular formula is C24H26F3N7O2. The number of likely N-dealkylation sites (tertiary alicyclic amines) is 1. The zero-order valence-electron chi connectivity index (χ0n) is 20.1. The maximum absolute atomic E-state index is 14.4. The van der Waals surface area contributed by atoms with E-state index in [4.69, 9.17) is 10.5 Å². The van der Waals surface area contributed by atoms with Crippen molar-refractivity contribution in [3.63, 3.8) is 0 Å². The molecule has 0 aliphatic carbocycles. The van der Waals surface area contributed by atoms with E-state index in [2.05, 4.69) is 21.8 Å². The van der Waals surface area contributed by atoms with Crippen molar-refractivity contribution in [1.29, 1.82) is 0 Å². The Morgan fingerprint density at radius 2 is 2.03 bits per heavy atom. The number of halogens is 3. The Labute approximate surface area is 206 Å². The molecule has 1 fully saturated rings. The number of nitrogens with two attached hydrogens (primary N) is 1. The highest BCUT2D eigenvalue weighted by atomic mass is 19.1. The molecule has 4 rings (SSSR count). The molecule has 12 heteroatoms. The fourth-order valence-electron chi connectivity index (χ4n) is 3.93. The summed E-state index contributed by atoms with van der Waals surface area (Å²) in [6.45, 7) is 7.12. The normalized spacial score (nSPS) is 18.6. The first-order chi connectivity index (χ1) is 17.0. The van der Waals surface area contributed by atoms with Crippen LogP contribution in [-0.4, -0.2) is 62.2 Å². The quantitative estimate of drug-likeness (QED) is 0.602. The third-order valence-corrected chi connectivity index (χ3v) is 5.93. The molecule has 2 aromatic heterocycles. The molecule has 0 radical (unpaired) electrons. The van der Waals surface area contributed by atoms with Crippen LogP contribution in [0.4, 0.5) is 23.8 Å². The summed E-state index contributed by atoms with van der Waals surface area (Å²) >= 11 is 0. The first kappa shape index (κ1) is 25.0. The minimum Gasteiger partial charge on any atom is -0.483 e. The molecule has 2 aliphatic heterocycles. The van der Waals surface area contributed by atoms with E-state index < -0.39 is 35.6 Å². The van der Waals surface area contributed by atoms with Crippen LogP contribution in [0.2, 0.25) is 0 Å². The summed E-state index contributed by atoms with van der Waals surface area (Å²) in [5.41, 5.74) is 7.89. The van der Waals surface area contributed by atoms with Gasteiger partial charge in [-0.2, -0.15) is 10.2 Å². The molecule has 0 saturated carbocycles. The topological polar surface area (TPSA) is 102 Å². The zero-order valence-corrected chi connectivity index (χ0v) is 20.1. The first-order valence-electron chi connectivity index (χ1n) is 11.2. The van der Waals surface area contributed by atoms with E-state index in [1.807, 2.05) is 0 Å². The van der Waals surface area contributed by atoms with E-state index in [0.717, 1.165) is 30.8 Å². The maximum Gasteiger partial charge on any atom is 0.341 e. The molecule has 1 atom stereocenters. The number of pyridine rings is 1. The number of hydrogen-bond acceptors (Lipinski definition) is 6. The van der Waals surface area contributed by atoms with Crippen LogP contribution in [0.3, 0.4) is 0 Å². The molecular weight excluding hydrogens is 475 g/mol. The molecule has 2 aromatic rings. The third-order valence-electron chi connectivity index (χ3n) is 5.93. The summed E-state index contributed by atoms with van der Waals surface area (Å²) in [5, 5.41) is 9.60. The molecule has 9 nitrogen and oxygen atoms in total. The molecule has 36 heavy (non-hydrogen) atoms. The highest BCUT2D eigenvalue weighted by Gasteiger charge is 2.39. The Kier molecular flexibility index (Phi) is 6.86. The van der Waals surface area contributed by atoms with E-state index in [1.165, 1.54) is 26.9 Å². The lowest BCUT2D eigenvalue weighted by Gasteiger charge is -2.41. The number of aromatic nitrogens is 3. The zero-order chi connectivity index (χ0) is 26.1. The monoisotopic (exact) mass is 501 g/mol. The number of ether oxygens (including phenoxy) is 1. The van der Waals surface area contributed by atoms with E-state index in [-0.39, 0.29) is 24.4 Å². The lowest BCUT2D eigenvalue weighted by molar-refractivity contribution is 0.0273. The molecule has 0 bridgehead atoms. The van der Waals surface area contributed by atoms with E-state index in [0.29, 0.717) is 23.6 Å². The van der Waals surface area contributed by atoms with E-state index >= 15 is 0 Å². The van der Waals surface area contributed by atoms with Gasteiger partial charge >= 0.3 is 6.03 Å². The molecule has 2 aliphatic rings. The number of nitrogen functional groups attached to an aromatic ring is 1. The third kappa shape index (κ3) is 4.97. The summed E-state index contributed by atoms with van der Waals surface area (Å²) in [7, 11) is 1.70. The van der Waals surface area contributed by atoms with Gasteiger partial charge in [0.25, 0.3) is 0 Å². The standard InChI is InChI=1S/C24H26F3N7O2/c1-13(7-16(26)8-14(2)25)20-5-6-30-34(20)24(35)33-11-17(12-33)36-21-9-19(29-10-18(21)27)22-15(3)23(28)32(4)31-22/h6-10,17,20H,1,5,11-12,28H2,2-4H3/b14-8+,16-7+/t20-/m0/s1.